The number of carbonyl (C=O) groups is 1. The molecule has 1 heterocycles. The second kappa shape index (κ2) is 7.90. The van der Waals surface area contributed by atoms with Crippen LogP contribution in [-0.2, 0) is 4.74 Å². The normalized spacial score (nSPS) is 10.8. The number of esters is 1. The highest BCUT2D eigenvalue weighted by Gasteiger charge is 2.18. The fraction of sp³-hybridized carbons (Fsp3) is 0.125. The Balaban J connectivity index is 2.47. The van der Waals surface area contributed by atoms with Crippen LogP contribution in [-0.4, -0.2) is 22.5 Å². The highest BCUT2D eigenvalue weighted by molar-refractivity contribution is 6.37. The third-order valence-corrected chi connectivity index (χ3v) is 3.68. The van der Waals surface area contributed by atoms with E-state index in [2.05, 4.69) is 4.98 Å². The van der Waals surface area contributed by atoms with Crippen molar-refractivity contribution in [1.29, 1.82) is 0 Å². The van der Waals surface area contributed by atoms with Crippen molar-refractivity contribution in [3.63, 3.8) is 0 Å². The van der Waals surface area contributed by atoms with E-state index in [0.29, 0.717) is 15.6 Å². The standard InChI is InChI=1S/C16H12Cl2N2O4/c1-2-24-16(21)12-8-10(20(22)23)9-19-15(12)7-6-11-13(17)4-3-5-14(11)18/h3-9H,2H2,1H3/b7-6+. The van der Waals surface area contributed by atoms with Crippen LogP contribution in [0, 0.1) is 10.1 Å². The van der Waals surface area contributed by atoms with Gasteiger partial charge in [-0.1, -0.05) is 29.3 Å². The number of nitro groups is 1. The van der Waals surface area contributed by atoms with Crippen molar-refractivity contribution in [3.8, 4) is 0 Å². The number of nitrogens with zero attached hydrogens (tertiary/aromatic N) is 2. The van der Waals surface area contributed by atoms with Crippen LogP contribution in [0.1, 0.15) is 28.5 Å². The van der Waals surface area contributed by atoms with E-state index < -0.39 is 10.9 Å². The third-order valence-electron chi connectivity index (χ3n) is 3.02. The number of halogens is 2. The summed E-state index contributed by atoms with van der Waals surface area (Å²) in [6.07, 6.45) is 4.15. The highest BCUT2D eigenvalue weighted by atomic mass is 35.5. The molecule has 0 aliphatic heterocycles. The second-order valence-electron chi connectivity index (χ2n) is 4.57. The molecule has 0 unspecified atom stereocenters. The molecule has 8 heteroatoms. The lowest BCUT2D eigenvalue weighted by Gasteiger charge is -2.05. The first-order valence-corrected chi connectivity index (χ1v) is 7.63. The average molecular weight is 367 g/mol. The number of aromatic nitrogens is 1. The van der Waals surface area contributed by atoms with Crippen LogP contribution < -0.4 is 0 Å². The van der Waals surface area contributed by atoms with Crippen LogP contribution in [0.2, 0.25) is 10.0 Å². The van der Waals surface area contributed by atoms with E-state index in [1.165, 1.54) is 6.08 Å². The molecule has 0 bridgehead atoms. The second-order valence-corrected chi connectivity index (χ2v) is 5.39. The first-order chi connectivity index (χ1) is 11.4. The first-order valence-electron chi connectivity index (χ1n) is 6.87. The number of pyridine rings is 1. The largest absolute Gasteiger partial charge is 0.462 e. The Morgan fingerprint density at radius 1 is 1.33 bits per heavy atom. The van der Waals surface area contributed by atoms with E-state index in [1.54, 1.807) is 31.2 Å². The van der Waals surface area contributed by atoms with Gasteiger partial charge in [-0.15, -0.1) is 0 Å². The van der Waals surface area contributed by atoms with Crippen molar-refractivity contribution >= 4 is 47.0 Å². The lowest BCUT2D eigenvalue weighted by molar-refractivity contribution is -0.385. The smallest absolute Gasteiger partial charge is 0.340 e. The van der Waals surface area contributed by atoms with E-state index >= 15 is 0 Å². The van der Waals surface area contributed by atoms with Crippen LogP contribution in [0.4, 0.5) is 5.69 Å². The molecule has 0 spiro atoms. The molecule has 124 valence electrons. The van der Waals surface area contributed by atoms with E-state index in [1.807, 2.05) is 0 Å². The van der Waals surface area contributed by atoms with Gasteiger partial charge in [0.1, 0.15) is 6.20 Å². The van der Waals surface area contributed by atoms with E-state index in [-0.39, 0.29) is 23.6 Å². The van der Waals surface area contributed by atoms with Gasteiger partial charge >= 0.3 is 5.97 Å². The summed E-state index contributed by atoms with van der Waals surface area (Å²) in [5.74, 6) is -0.696. The summed E-state index contributed by atoms with van der Waals surface area (Å²) in [6, 6.07) is 6.17. The van der Waals surface area contributed by atoms with Crippen molar-refractivity contribution in [2.45, 2.75) is 6.92 Å². The lowest BCUT2D eigenvalue weighted by atomic mass is 10.1. The molecule has 2 rings (SSSR count). The molecule has 0 amide bonds. The summed E-state index contributed by atoms with van der Waals surface area (Å²) in [7, 11) is 0. The Hall–Kier alpha value is -2.44. The zero-order chi connectivity index (χ0) is 17.7. The van der Waals surface area contributed by atoms with Gasteiger partial charge in [-0.05, 0) is 31.2 Å². The van der Waals surface area contributed by atoms with Crippen LogP contribution in [0.5, 0.6) is 0 Å². The van der Waals surface area contributed by atoms with Gasteiger partial charge in [0.15, 0.2) is 0 Å². The molecule has 6 nitrogen and oxygen atoms in total. The monoisotopic (exact) mass is 366 g/mol. The van der Waals surface area contributed by atoms with Crippen LogP contribution >= 0.6 is 23.2 Å². The summed E-state index contributed by atoms with van der Waals surface area (Å²) in [5, 5.41) is 11.7. The molecule has 0 N–H and O–H groups in total. The van der Waals surface area contributed by atoms with E-state index in [0.717, 1.165) is 12.3 Å². The Morgan fingerprint density at radius 3 is 2.58 bits per heavy atom. The molecule has 0 aliphatic rings. The molecule has 0 saturated heterocycles. The van der Waals surface area contributed by atoms with Gasteiger partial charge in [0.25, 0.3) is 5.69 Å². The van der Waals surface area contributed by atoms with E-state index in [4.69, 9.17) is 27.9 Å². The van der Waals surface area contributed by atoms with Crippen LogP contribution in [0.15, 0.2) is 30.5 Å². The number of carbonyl (C=O) groups excluding carboxylic acids is 1. The fourth-order valence-electron chi connectivity index (χ4n) is 1.90. The van der Waals surface area contributed by atoms with Gasteiger partial charge in [0.05, 0.1) is 22.8 Å². The van der Waals surface area contributed by atoms with Crippen molar-refractivity contribution in [3.05, 3.63) is 67.4 Å². The predicted octanol–water partition coefficient (Wildman–Crippen LogP) is 4.64. The molecule has 1 aromatic heterocycles. The Kier molecular flexibility index (Phi) is 5.89. The molecule has 24 heavy (non-hydrogen) atoms. The van der Waals surface area contributed by atoms with Gasteiger partial charge in [-0.2, -0.15) is 0 Å². The van der Waals surface area contributed by atoms with Crippen molar-refractivity contribution in [2.75, 3.05) is 6.61 Å². The molecule has 2 aromatic rings. The SMILES string of the molecule is CCOC(=O)c1cc([N+](=O)[O-])cnc1/C=C/c1c(Cl)cccc1Cl. The Morgan fingerprint density at radius 2 is 2.00 bits per heavy atom. The maximum atomic E-state index is 12.0. The Bertz CT molecular complexity index is 801. The Labute approximate surface area is 147 Å². The minimum absolute atomic E-state index is 0.00882. The van der Waals surface area contributed by atoms with Gasteiger partial charge in [-0.25, -0.2) is 9.78 Å². The predicted molar refractivity (Wildman–Crippen MR) is 92.2 cm³/mol. The molecule has 0 atom stereocenters. The number of ether oxygens (including phenoxy) is 1. The average Bonchev–Trinajstić information content (AvgIpc) is 2.54. The summed E-state index contributed by atoms with van der Waals surface area (Å²) in [4.78, 5) is 26.2. The maximum absolute atomic E-state index is 12.0. The minimum atomic E-state index is -0.696. The minimum Gasteiger partial charge on any atom is -0.462 e. The number of rotatable bonds is 5. The quantitative estimate of drug-likeness (QED) is 0.437. The summed E-state index contributed by atoms with van der Waals surface area (Å²) >= 11 is 12.2. The summed E-state index contributed by atoms with van der Waals surface area (Å²) < 4.78 is 4.92. The molecule has 0 fully saturated rings. The molecule has 1 aromatic carbocycles. The van der Waals surface area contributed by atoms with Gasteiger partial charge < -0.3 is 4.74 Å². The number of benzene rings is 1. The number of hydrogen-bond acceptors (Lipinski definition) is 5. The first kappa shape index (κ1) is 17.9. The molecule has 0 saturated carbocycles. The summed E-state index contributed by atoms with van der Waals surface area (Å²) in [6.45, 7) is 1.78. The van der Waals surface area contributed by atoms with Gasteiger partial charge in [-0.3, -0.25) is 10.1 Å². The van der Waals surface area contributed by atoms with Crippen molar-refractivity contribution < 1.29 is 14.5 Å². The van der Waals surface area contributed by atoms with E-state index in [9.17, 15) is 14.9 Å². The topological polar surface area (TPSA) is 82.3 Å². The van der Waals surface area contributed by atoms with Crippen LogP contribution in [0.25, 0.3) is 12.2 Å². The molecular weight excluding hydrogens is 355 g/mol. The van der Waals surface area contributed by atoms with Gasteiger partial charge in [0.2, 0.25) is 0 Å². The maximum Gasteiger partial charge on any atom is 0.340 e. The molecule has 0 radical (unpaired) electrons. The van der Waals surface area contributed by atoms with Crippen molar-refractivity contribution in [1.82, 2.24) is 4.98 Å². The number of hydrogen-bond donors (Lipinski definition) is 0. The van der Waals surface area contributed by atoms with Crippen LogP contribution in [0.3, 0.4) is 0 Å². The zero-order valence-corrected chi connectivity index (χ0v) is 14.0. The third kappa shape index (κ3) is 4.10. The molecular formula is C16H12Cl2N2O4. The summed E-state index contributed by atoms with van der Waals surface area (Å²) in [5.41, 5.74) is 0.460. The lowest BCUT2D eigenvalue weighted by Crippen LogP contribution is -2.08. The van der Waals surface area contributed by atoms with Crippen molar-refractivity contribution in [2.24, 2.45) is 0 Å². The van der Waals surface area contributed by atoms with Gasteiger partial charge in [0, 0.05) is 21.7 Å². The zero-order valence-electron chi connectivity index (χ0n) is 12.5. The fourth-order valence-corrected chi connectivity index (χ4v) is 2.42. The molecule has 0 aliphatic carbocycles. The highest BCUT2D eigenvalue weighted by Crippen LogP contribution is 2.27.